The Morgan fingerprint density at radius 1 is 1.29 bits per heavy atom. The second-order valence-electron chi connectivity index (χ2n) is 5.35. The van der Waals surface area contributed by atoms with E-state index in [2.05, 4.69) is 53.1 Å². The summed E-state index contributed by atoms with van der Waals surface area (Å²) in [5.74, 6) is 0. The summed E-state index contributed by atoms with van der Waals surface area (Å²) in [6, 6.07) is 2.16. The van der Waals surface area contributed by atoms with E-state index in [9.17, 15) is 0 Å². The third kappa shape index (κ3) is 6.18. The molecule has 0 fully saturated rings. The van der Waals surface area contributed by atoms with Crippen molar-refractivity contribution >= 4 is 15.9 Å². The summed E-state index contributed by atoms with van der Waals surface area (Å²) in [7, 11) is 0. The lowest BCUT2D eigenvalue weighted by Crippen LogP contribution is -2.24. The van der Waals surface area contributed by atoms with Crippen molar-refractivity contribution in [3.8, 4) is 0 Å². The molecule has 0 atom stereocenters. The van der Waals surface area contributed by atoms with E-state index in [-0.39, 0.29) is 0 Å². The summed E-state index contributed by atoms with van der Waals surface area (Å²) >= 11 is 3.47. The topological polar surface area (TPSA) is 24.9 Å². The first-order valence-electron chi connectivity index (χ1n) is 6.33. The summed E-state index contributed by atoms with van der Waals surface area (Å²) < 4.78 is 1.06. The number of aromatic nitrogens is 1. The van der Waals surface area contributed by atoms with Gasteiger partial charge < -0.3 is 5.32 Å². The van der Waals surface area contributed by atoms with Crippen LogP contribution in [0.2, 0.25) is 0 Å². The minimum Gasteiger partial charge on any atom is -0.317 e. The summed E-state index contributed by atoms with van der Waals surface area (Å²) in [6.07, 6.45) is 7.27. The molecular formula is C14H23BrN2. The van der Waals surface area contributed by atoms with Gasteiger partial charge in [0, 0.05) is 16.9 Å². The maximum Gasteiger partial charge on any atom is 0.0410 e. The van der Waals surface area contributed by atoms with Gasteiger partial charge in [-0.25, -0.2) is 0 Å². The molecule has 0 unspecified atom stereocenters. The lowest BCUT2D eigenvalue weighted by Gasteiger charge is -2.24. The molecule has 0 bridgehead atoms. The normalized spacial score (nSPS) is 11.8. The molecule has 0 aliphatic heterocycles. The first-order chi connectivity index (χ1) is 8.03. The first kappa shape index (κ1) is 14.7. The van der Waals surface area contributed by atoms with Crippen LogP contribution in [0.1, 0.15) is 39.2 Å². The molecule has 0 aliphatic rings. The zero-order valence-electron chi connectivity index (χ0n) is 11.1. The molecule has 1 aromatic heterocycles. The van der Waals surface area contributed by atoms with E-state index in [1.54, 1.807) is 0 Å². The maximum atomic E-state index is 4.22. The predicted octanol–water partition coefficient (Wildman–Crippen LogP) is 3.80. The average molecular weight is 299 g/mol. The minimum absolute atomic E-state index is 0.323. The van der Waals surface area contributed by atoms with Crippen LogP contribution in [0, 0.1) is 5.41 Å². The van der Waals surface area contributed by atoms with E-state index in [0.717, 1.165) is 24.0 Å². The van der Waals surface area contributed by atoms with E-state index < -0.39 is 0 Å². The molecule has 0 saturated heterocycles. The van der Waals surface area contributed by atoms with Gasteiger partial charge in [-0.1, -0.05) is 20.8 Å². The fraction of sp³-hybridized carbons (Fsp3) is 0.643. The van der Waals surface area contributed by atoms with Crippen molar-refractivity contribution < 1.29 is 0 Å². The van der Waals surface area contributed by atoms with E-state index >= 15 is 0 Å². The molecule has 0 radical (unpaired) electrons. The Hall–Kier alpha value is -0.410. The van der Waals surface area contributed by atoms with Crippen molar-refractivity contribution in [1.29, 1.82) is 0 Å². The van der Waals surface area contributed by atoms with Gasteiger partial charge in [0.15, 0.2) is 0 Å². The Morgan fingerprint density at radius 3 is 2.71 bits per heavy atom. The van der Waals surface area contributed by atoms with Gasteiger partial charge in [-0.3, -0.25) is 4.98 Å². The summed E-state index contributed by atoms with van der Waals surface area (Å²) in [6.45, 7) is 9.06. The van der Waals surface area contributed by atoms with Crippen molar-refractivity contribution in [2.75, 3.05) is 13.1 Å². The standard InChI is InChI=1S/C14H23BrN2/c1-4-6-16-7-5-14(2,3)9-12-8-13(15)11-17-10-12/h8,10-11,16H,4-7,9H2,1-3H3. The number of nitrogens with zero attached hydrogens (tertiary/aromatic N) is 1. The molecule has 0 amide bonds. The number of hydrogen-bond donors (Lipinski definition) is 1. The van der Waals surface area contributed by atoms with Crippen molar-refractivity contribution in [3.05, 3.63) is 28.5 Å². The van der Waals surface area contributed by atoms with Gasteiger partial charge in [-0.15, -0.1) is 0 Å². The predicted molar refractivity (Wildman–Crippen MR) is 77.2 cm³/mol. The number of rotatable bonds is 7. The molecule has 17 heavy (non-hydrogen) atoms. The van der Waals surface area contributed by atoms with E-state index in [1.165, 1.54) is 18.4 Å². The van der Waals surface area contributed by atoms with Crippen LogP contribution in [-0.2, 0) is 6.42 Å². The molecule has 1 rings (SSSR count). The fourth-order valence-electron chi connectivity index (χ4n) is 1.92. The highest BCUT2D eigenvalue weighted by molar-refractivity contribution is 9.10. The van der Waals surface area contributed by atoms with Crippen LogP contribution in [0.25, 0.3) is 0 Å². The highest BCUT2D eigenvalue weighted by Crippen LogP contribution is 2.26. The fourth-order valence-corrected chi connectivity index (χ4v) is 2.33. The van der Waals surface area contributed by atoms with Gasteiger partial charge in [0.1, 0.15) is 0 Å². The Labute approximate surface area is 113 Å². The molecule has 1 aromatic rings. The van der Waals surface area contributed by atoms with Gasteiger partial charge in [0.2, 0.25) is 0 Å². The van der Waals surface area contributed by atoms with Crippen LogP contribution in [0.3, 0.4) is 0 Å². The lowest BCUT2D eigenvalue weighted by molar-refractivity contribution is 0.325. The number of hydrogen-bond acceptors (Lipinski definition) is 2. The van der Waals surface area contributed by atoms with Gasteiger partial charge in [0.25, 0.3) is 0 Å². The van der Waals surface area contributed by atoms with Crippen molar-refractivity contribution in [1.82, 2.24) is 10.3 Å². The molecule has 3 heteroatoms. The summed E-state index contributed by atoms with van der Waals surface area (Å²) in [5, 5.41) is 3.46. The maximum absolute atomic E-state index is 4.22. The third-order valence-electron chi connectivity index (χ3n) is 2.85. The molecule has 1 N–H and O–H groups in total. The quantitative estimate of drug-likeness (QED) is 0.775. The molecular weight excluding hydrogens is 276 g/mol. The number of nitrogens with one attached hydrogen (secondary N) is 1. The third-order valence-corrected chi connectivity index (χ3v) is 3.28. The highest BCUT2D eigenvalue weighted by atomic mass is 79.9. The van der Waals surface area contributed by atoms with Crippen LogP contribution >= 0.6 is 15.9 Å². The molecule has 0 aliphatic carbocycles. The second-order valence-corrected chi connectivity index (χ2v) is 6.27. The molecule has 0 aromatic carbocycles. The number of halogens is 1. The minimum atomic E-state index is 0.323. The van der Waals surface area contributed by atoms with Crippen LogP contribution in [0.15, 0.2) is 22.9 Å². The first-order valence-corrected chi connectivity index (χ1v) is 7.13. The van der Waals surface area contributed by atoms with Crippen molar-refractivity contribution in [2.24, 2.45) is 5.41 Å². The van der Waals surface area contributed by atoms with Gasteiger partial charge in [-0.2, -0.15) is 0 Å². The Balaban J connectivity index is 2.42. The summed E-state index contributed by atoms with van der Waals surface area (Å²) in [5.41, 5.74) is 1.63. The molecule has 1 heterocycles. The molecule has 0 saturated carbocycles. The largest absolute Gasteiger partial charge is 0.317 e. The Kier molecular flexibility index (Phi) is 6.14. The van der Waals surface area contributed by atoms with Gasteiger partial charge in [0.05, 0.1) is 0 Å². The SMILES string of the molecule is CCCNCCC(C)(C)Cc1cncc(Br)c1. The van der Waals surface area contributed by atoms with Crippen LogP contribution in [0.5, 0.6) is 0 Å². The van der Waals surface area contributed by atoms with Crippen molar-refractivity contribution in [2.45, 2.75) is 40.0 Å². The smallest absolute Gasteiger partial charge is 0.0410 e. The van der Waals surface area contributed by atoms with Crippen LogP contribution in [-0.4, -0.2) is 18.1 Å². The van der Waals surface area contributed by atoms with E-state index in [4.69, 9.17) is 0 Å². The monoisotopic (exact) mass is 298 g/mol. The Morgan fingerprint density at radius 2 is 2.06 bits per heavy atom. The average Bonchev–Trinajstić information content (AvgIpc) is 2.24. The second kappa shape index (κ2) is 7.12. The highest BCUT2D eigenvalue weighted by Gasteiger charge is 2.18. The summed E-state index contributed by atoms with van der Waals surface area (Å²) in [4.78, 5) is 4.22. The van der Waals surface area contributed by atoms with Gasteiger partial charge >= 0.3 is 0 Å². The van der Waals surface area contributed by atoms with Gasteiger partial charge in [-0.05, 0) is 65.3 Å². The molecule has 2 nitrogen and oxygen atoms in total. The lowest BCUT2D eigenvalue weighted by atomic mass is 9.83. The Bertz CT molecular complexity index is 337. The number of pyridine rings is 1. The zero-order chi connectivity index (χ0) is 12.7. The van der Waals surface area contributed by atoms with Crippen LogP contribution < -0.4 is 5.32 Å². The molecule has 96 valence electrons. The zero-order valence-corrected chi connectivity index (χ0v) is 12.7. The molecule has 0 spiro atoms. The van der Waals surface area contributed by atoms with Crippen molar-refractivity contribution in [3.63, 3.8) is 0 Å². The van der Waals surface area contributed by atoms with E-state index in [1.807, 2.05) is 12.4 Å². The van der Waals surface area contributed by atoms with E-state index in [0.29, 0.717) is 5.41 Å². The van der Waals surface area contributed by atoms with Crippen LogP contribution in [0.4, 0.5) is 0 Å².